The van der Waals surface area contributed by atoms with E-state index in [-0.39, 0.29) is 5.91 Å². The van der Waals surface area contributed by atoms with Crippen LogP contribution in [-0.4, -0.2) is 36.5 Å². The minimum Gasteiger partial charge on any atom is -0.353 e. The second-order valence-electron chi connectivity index (χ2n) is 8.52. The fraction of sp³-hybridized carbons (Fsp3) is 0.480. The molecule has 1 aliphatic carbocycles. The third kappa shape index (κ3) is 5.45. The van der Waals surface area contributed by atoms with Gasteiger partial charge in [-0.1, -0.05) is 60.7 Å². The van der Waals surface area contributed by atoms with Crippen LogP contribution >= 0.6 is 0 Å². The zero-order chi connectivity index (χ0) is 19.2. The molecular weight excluding hydrogens is 344 g/mol. The van der Waals surface area contributed by atoms with Gasteiger partial charge in [-0.15, -0.1) is 0 Å². The van der Waals surface area contributed by atoms with E-state index in [1.54, 1.807) is 0 Å². The summed E-state index contributed by atoms with van der Waals surface area (Å²) in [5.41, 5.74) is 2.78. The number of nitrogens with zero attached hydrogens (tertiary/aromatic N) is 1. The quantitative estimate of drug-likeness (QED) is 0.731. The van der Waals surface area contributed by atoms with Crippen molar-refractivity contribution in [1.29, 1.82) is 0 Å². The van der Waals surface area contributed by atoms with Crippen molar-refractivity contribution in [3.8, 4) is 0 Å². The summed E-state index contributed by atoms with van der Waals surface area (Å²) in [6.45, 7) is 3.34. The Bertz CT molecular complexity index is 702. The molecule has 148 valence electrons. The van der Waals surface area contributed by atoms with E-state index in [0.29, 0.717) is 24.3 Å². The molecule has 2 aliphatic rings. The maximum atomic E-state index is 12.0. The highest BCUT2D eigenvalue weighted by Gasteiger charge is 2.26. The smallest absolute Gasteiger partial charge is 0.220 e. The number of carbonyl (C=O) groups excluding carboxylic acids is 1. The molecule has 3 nitrogen and oxygen atoms in total. The fourth-order valence-electron chi connectivity index (χ4n) is 4.45. The van der Waals surface area contributed by atoms with Crippen molar-refractivity contribution >= 4 is 5.91 Å². The lowest BCUT2D eigenvalue weighted by atomic mass is 9.88. The third-order valence-corrected chi connectivity index (χ3v) is 6.17. The van der Waals surface area contributed by atoms with E-state index in [2.05, 4.69) is 70.9 Å². The molecule has 28 heavy (non-hydrogen) atoms. The van der Waals surface area contributed by atoms with Crippen LogP contribution in [0.2, 0.25) is 0 Å². The van der Waals surface area contributed by atoms with Crippen molar-refractivity contribution in [2.24, 2.45) is 5.92 Å². The summed E-state index contributed by atoms with van der Waals surface area (Å²) in [4.78, 5) is 14.7. The van der Waals surface area contributed by atoms with Gasteiger partial charge in [0, 0.05) is 31.5 Å². The van der Waals surface area contributed by atoms with Crippen LogP contribution in [0.5, 0.6) is 0 Å². The Morgan fingerprint density at radius 3 is 2.21 bits per heavy atom. The Kier molecular flexibility index (Phi) is 6.43. The van der Waals surface area contributed by atoms with E-state index in [1.165, 1.54) is 43.4 Å². The summed E-state index contributed by atoms with van der Waals surface area (Å²) in [7, 11) is 0. The number of likely N-dealkylation sites (tertiary alicyclic amines) is 1. The first kappa shape index (κ1) is 19.2. The predicted molar refractivity (Wildman–Crippen MR) is 114 cm³/mol. The molecule has 1 amide bonds. The molecule has 2 fully saturated rings. The van der Waals surface area contributed by atoms with Crippen LogP contribution in [-0.2, 0) is 4.79 Å². The van der Waals surface area contributed by atoms with Gasteiger partial charge >= 0.3 is 0 Å². The summed E-state index contributed by atoms with van der Waals surface area (Å²) < 4.78 is 0. The molecular formula is C25H32N2O. The van der Waals surface area contributed by atoms with Gasteiger partial charge in [-0.3, -0.25) is 4.79 Å². The summed E-state index contributed by atoms with van der Waals surface area (Å²) in [6.07, 6.45) is 6.55. The number of amides is 1. The summed E-state index contributed by atoms with van der Waals surface area (Å²) in [5, 5.41) is 3.13. The predicted octanol–water partition coefficient (Wildman–Crippen LogP) is 4.59. The number of benzene rings is 2. The van der Waals surface area contributed by atoms with Crippen LogP contribution in [0.4, 0.5) is 0 Å². The van der Waals surface area contributed by atoms with Crippen molar-refractivity contribution in [2.75, 3.05) is 19.6 Å². The van der Waals surface area contributed by atoms with Crippen molar-refractivity contribution in [2.45, 2.75) is 50.5 Å². The van der Waals surface area contributed by atoms with Gasteiger partial charge in [0.15, 0.2) is 0 Å². The largest absolute Gasteiger partial charge is 0.353 e. The minimum atomic E-state index is 0.256. The van der Waals surface area contributed by atoms with Crippen molar-refractivity contribution in [1.82, 2.24) is 10.2 Å². The van der Waals surface area contributed by atoms with Gasteiger partial charge in [-0.05, 0) is 55.7 Å². The van der Waals surface area contributed by atoms with Gasteiger partial charge in [0.25, 0.3) is 0 Å². The molecule has 1 atom stereocenters. The van der Waals surface area contributed by atoms with Crippen LogP contribution in [0.3, 0.4) is 0 Å². The lowest BCUT2D eigenvalue weighted by molar-refractivity contribution is -0.121. The van der Waals surface area contributed by atoms with E-state index in [0.717, 1.165) is 19.5 Å². The number of hydrogen-bond acceptors (Lipinski definition) is 2. The molecule has 0 bridgehead atoms. The van der Waals surface area contributed by atoms with E-state index < -0.39 is 0 Å². The average molecular weight is 377 g/mol. The van der Waals surface area contributed by atoms with E-state index >= 15 is 0 Å². The molecule has 0 unspecified atom stereocenters. The molecule has 3 heteroatoms. The number of hydrogen-bond donors (Lipinski definition) is 1. The highest BCUT2D eigenvalue weighted by Crippen LogP contribution is 2.29. The highest BCUT2D eigenvalue weighted by molar-refractivity contribution is 5.76. The molecule has 4 rings (SSSR count). The van der Waals surface area contributed by atoms with E-state index in [4.69, 9.17) is 0 Å². The molecule has 2 aromatic carbocycles. The Labute approximate surface area is 169 Å². The Morgan fingerprint density at radius 1 is 0.964 bits per heavy atom. The lowest BCUT2D eigenvalue weighted by Gasteiger charge is -2.35. The maximum Gasteiger partial charge on any atom is 0.220 e. The molecule has 0 aromatic heterocycles. The topological polar surface area (TPSA) is 32.3 Å². The number of piperidine rings is 1. The lowest BCUT2D eigenvalue weighted by Crippen LogP contribution is -2.38. The first-order valence-corrected chi connectivity index (χ1v) is 10.9. The molecule has 1 saturated heterocycles. The summed E-state index contributed by atoms with van der Waals surface area (Å²) in [5.74, 6) is 1.30. The monoisotopic (exact) mass is 376 g/mol. The zero-order valence-electron chi connectivity index (χ0n) is 16.7. The van der Waals surface area contributed by atoms with Crippen LogP contribution in [0.25, 0.3) is 0 Å². The van der Waals surface area contributed by atoms with Crippen molar-refractivity contribution in [3.63, 3.8) is 0 Å². The Balaban J connectivity index is 1.36. The minimum absolute atomic E-state index is 0.256. The number of rotatable bonds is 8. The van der Waals surface area contributed by atoms with E-state index in [9.17, 15) is 4.79 Å². The molecule has 1 N–H and O–H groups in total. The normalized spacial score (nSPS) is 20.2. The summed E-state index contributed by atoms with van der Waals surface area (Å²) in [6, 6.07) is 22.2. The van der Waals surface area contributed by atoms with Gasteiger partial charge in [0.05, 0.1) is 0 Å². The van der Waals surface area contributed by atoms with Gasteiger partial charge in [0.1, 0.15) is 0 Å². The SMILES string of the molecule is O=C(CC[C@H]1CCCN(CC(c2ccccc2)c2ccccc2)C1)NC1CC1. The molecule has 1 aliphatic heterocycles. The first-order chi connectivity index (χ1) is 13.8. The van der Waals surface area contributed by atoms with E-state index in [1.807, 2.05) is 0 Å². The van der Waals surface area contributed by atoms with Crippen molar-refractivity contribution in [3.05, 3.63) is 71.8 Å². The molecule has 2 aromatic rings. The zero-order valence-corrected chi connectivity index (χ0v) is 16.7. The van der Waals surface area contributed by atoms with Crippen molar-refractivity contribution < 1.29 is 4.79 Å². The summed E-state index contributed by atoms with van der Waals surface area (Å²) >= 11 is 0. The van der Waals surface area contributed by atoms with Crippen LogP contribution in [0, 0.1) is 5.92 Å². The van der Waals surface area contributed by atoms with Gasteiger partial charge < -0.3 is 10.2 Å². The Morgan fingerprint density at radius 2 is 1.61 bits per heavy atom. The third-order valence-electron chi connectivity index (χ3n) is 6.17. The number of carbonyl (C=O) groups is 1. The molecule has 0 radical (unpaired) electrons. The number of nitrogens with one attached hydrogen (secondary N) is 1. The van der Waals surface area contributed by atoms with Gasteiger partial charge in [-0.25, -0.2) is 0 Å². The molecule has 1 saturated carbocycles. The standard InChI is InChI=1S/C25H32N2O/c28-25(26-23-14-15-23)16-13-20-8-7-17-27(18-20)19-24(21-9-3-1-4-10-21)22-11-5-2-6-12-22/h1-6,9-12,20,23-24H,7-8,13-19H2,(H,26,28)/t20-/m1/s1. The van der Waals surface area contributed by atoms with Crippen LogP contribution < -0.4 is 5.32 Å². The second kappa shape index (κ2) is 9.38. The van der Waals surface area contributed by atoms with Gasteiger partial charge in [-0.2, -0.15) is 0 Å². The van der Waals surface area contributed by atoms with Crippen LogP contribution in [0.15, 0.2) is 60.7 Å². The van der Waals surface area contributed by atoms with Crippen LogP contribution in [0.1, 0.15) is 55.6 Å². The second-order valence-corrected chi connectivity index (χ2v) is 8.52. The van der Waals surface area contributed by atoms with Gasteiger partial charge in [0.2, 0.25) is 5.91 Å². The first-order valence-electron chi connectivity index (χ1n) is 10.9. The maximum absolute atomic E-state index is 12.0. The highest BCUT2D eigenvalue weighted by atomic mass is 16.1. The fourth-order valence-corrected chi connectivity index (χ4v) is 4.45. The molecule has 1 heterocycles. The molecule has 0 spiro atoms. The average Bonchev–Trinajstić information content (AvgIpc) is 3.56. The Hall–Kier alpha value is -2.13.